The van der Waals surface area contributed by atoms with E-state index >= 15 is 0 Å². The first-order valence-electron chi connectivity index (χ1n) is 7.95. The van der Waals surface area contributed by atoms with E-state index < -0.39 is 23.1 Å². The Bertz CT molecular complexity index is 926. The van der Waals surface area contributed by atoms with Gasteiger partial charge in [0.15, 0.2) is 0 Å². The standard InChI is InChI=1S/C17H21N3O5/c1-9(2)14(17(24)25)19-13(21)7-5-10-4-6-12-11(8-10)18-15(22)16(23)20(12)3/h4,6,8-9,14H,5,7H2,1-3H3,(H,18,22)(H,19,21)(H,24,25)/t14-/m0/s1. The molecule has 1 heterocycles. The smallest absolute Gasteiger partial charge is 0.326 e. The highest BCUT2D eigenvalue weighted by molar-refractivity contribution is 5.84. The molecule has 2 aromatic rings. The summed E-state index contributed by atoms with van der Waals surface area (Å²) in [6.45, 7) is 3.45. The van der Waals surface area contributed by atoms with Gasteiger partial charge in [-0.15, -0.1) is 0 Å². The number of aromatic nitrogens is 2. The van der Waals surface area contributed by atoms with Gasteiger partial charge in [-0.2, -0.15) is 0 Å². The zero-order chi connectivity index (χ0) is 18.7. The minimum Gasteiger partial charge on any atom is -0.480 e. The second-order valence-electron chi connectivity index (χ2n) is 6.30. The number of carbonyl (C=O) groups excluding carboxylic acids is 1. The predicted octanol–water partition coefficient (Wildman–Crippen LogP) is 0.385. The summed E-state index contributed by atoms with van der Waals surface area (Å²) in [5, 5.41) is 11.6. The third kappa shape index (κ3) is 4.14. The van der Waals surface area contributed by atoms with Crippen molar-refractivity contribution in [1.29, 1.82) is 0 Å². The summed E-state index contributed by atoms with van der Waals surface area (Å²) in [4.78, 5) is 48.8. The van der Waals surface area contributed by atoms with Crippen LogP contribution in [0.15, 0.2) is 27.8 Å². The number of aromatic amines is 1. The molecular weight excluding hydrogens is 326 g/mol. The molecule has 0 bridgehead atoms. The lowest BCUT2D eigenvalue weighted by Crippen LogP contribution is -2.44. The molecule has 1 amide bonds. The van der Waals surface area contributed by atoms with Crippen molar-refractivity contribution in [3.05, 3.63) is 44.5 Å². The van der Waals surface area contributed by atoms with Gasteiger partial charge in [-0.3, -0.25) is 14.4 Å². The van der Waals surface area contributed by atoms with Gasteiger partial charge in [0.2, 0.25) is 5.91 Å². The Balaban J connectivity index is 2.12. The van der Waals surface area contributed by atoms with Gasteiger partial charge in [-0.05, 0) is 30.0 Å². The summed E-state index contributed by atoms with van der Waals surface area (Å²) < 4.78 is 1.27. The molecule has 8 heteroatoms. The van der Waals surface area contributed by atoms with Crippen molar-refractivity contribution in [3.63, 3.8) is 0 Å². The number of carboxylic acid groups (broad SMARTS) is 1. The van der Waals surface area contributed by atoms with Crippen molar-refractivity contribution in [2.45, 2.75) is 32.7 Å². The number of rotatable bonds is 6. The second-order valence-corrected chi connectivity index (χ2v) is 6.30. The zero-order valence-electron chi connectivity index (χ0n) is 14.3. The number of aryl methyl sites for hydroxylation is 2. The van der Waals surface area contributed by atoms with Crippen LogP contribution in [0.5, 0.6) is 0 Å². The molecule has 0 aliphatic carbocycles. The van der Waals surface area contributed by atoms with Gasteiger partial charge in [-0.25, -0.2) is 4.79 Å². The highest BCUT2D eigenvalue weighted by Gasteiger charge is 2.23. The van der Waals surface area contributed by atoms with Gasteiger partial charge in [0, 0.05) is 13.5 Å². The van der Waals surface area contributed by atoms with Gasteiger partial charge in [0.25, 0.3) is 0 Å². The van der Waals surface area contributed by atoms with Gasteiger partial charge in [0.05, 0.1) is 11.0 Å². The molecule has 2 rings (SSSR count). The normalized spacial score (nSPS) is 12.3. The van der Waals surface area contributed by atoms with Crippen molar-refractivity contribution >= 4 is 22.9 Å². The van der Waals surface area contributed by atoms with Crippen molar-refractivity contribution < 1.29 is 14.7 Å². The van der Waals surface area contributed by atoms with Crippen LogP contribution in [-0.2, 0) is 23.1 Å². The molecule has 0 aliphatic rings. The fourth-order valence-corrected chi connectivity index (χ4v) is 2.59. The third-order valence-electron chi connectivity index (χ3n) is 4.06. The summed E-state index contributed by atoms with van der Waals surface area (Å²) >= 11 is 0. The number of amides is 1. The second kappa shape index (κ2) is 7.33. The van der Waals surface area contributed by atoms with Gasteiger partial charge >= 0.3 is 17.1 Å². The molecule has 8 nitrogen and oxygen atoms in total. The van der Waals surface area contributed by atoms with Crippen molar-refractivity contribution in [2.75, 3.05) is 0 Å². The third-order valence-corrected chi connectivity index (χ3v) is 4.06. The Kier molecular flexibility index (Phi) is 5.41. The van der Waals surface area contributed by atoms with Crippen LogP contribution in [0.3, 0.4) is 0 Å². The Morgan fingerprint density at radius 1 is 1.28 bits per heavy atom. The van der Waals surface area contributed by atoms with E-state index in [4.69, 9.17) is 5.11 Å². The molecule has 0 aliphatic heterocycles. The monoisotopic (exact) mass is 347 g/mol. The molecule has 1 atom stereocenters. The molecule has 25 heavy (non-hydrogen) atoms. The summed E-state index contributed by atoms with van der Waals surface area (Å²) in [5.74, 6) is -1.63. The largest absolute Gasteiger partial charge is 0.480 e. The van der Waals surface area contributed by atoms with Crippen LogP contribution in [0.1, 0.15) is 25.8 Å². The van der Waals surface area contributed by atoms with E-state index in [-0.39, 0.29) is 18.2 Å². The molecule has 0 radical (unpaired) electrons. The van der Waals surface area contributed by atoms with Crippen molar-refractivity contribution in [1.82, 2.24) is 14.9 Å². The fraction of sp³-hybridized carbons (Fsp3) is 0.412. The summed E-state index contributed by atoms with van der Waals surface area (Å²) in [6, 6.07) is 4.26. The summed E-state index contributed by atoms with van der Waals surface area (Å²) in [5.41, 5.74) is 0.562. The van der Waals surface area contributed by atoms with E-state index in [1.54, 1.807) is 32.0 Å². The molecular formula is C17H21N3O5. The molecule has 1 aromatic heterocycles. The maximum Gasteiger partial charge on any atom is 0.326 e. The zero-order valence-corrected chi connectivity index (χ0v) is 14.3. The number of carboxylic acids is 1. The average Bonchev–Trinajstić information content (AvgIpc) is 2.55. The first kappa shape index (κ1) is 18.4. The molecule has 0 unspecified atom stereocenters. The Labute approximate surface area is 143 Å². The Morgan fingerprint density at radius 3 is 2.56 bits per heavy atom. The van der Waals surface area contributed by atoms with Crippen molar-refractivity contribution in [2.24, 2.45) is 13.0 Å². The van der Waals surface area contributed by atoms with Crippen molar-refractivity contribution in [3.8, 4) is 0 Å². The molecule has 0 spiro atoms. The predicted molar refractivity (Wildman–Crippen MR) is 92.5 cm³/mol. The molecule has 0 saturated heterocycles. The van der Waals surface area contributed by atoms with E-state index in [1.807, 2.05) is 0 Å². The molecule has 3 N–H and O–H groups in total. The topological polar surface area (TPSA) is 121 Å². The lowest BCUT2D eigenvalue weighted by atomic mass is 10.0. The first-order valence-corrected chi connectivity index (χ1v) is 7.95. The van der Waals surface area contributed by atoms with E-state index in [0.29, 0.717) is 17.5 Å². The van der Waals surface area contributed by atoms with Gasteiger partial charge in [0.1, 0.15) is 6.04 Å². The SMILES string of the molecule is CC(C)[C@H](NC(=O)CCc1ccc2c(c1)[nH]c(=O)c(=O)n2C)C(=O)O. The first-order chi connectivity index (χ1) is 11.7. The number of fused-ring (bicyclic) bond motifs is 1. The van der Waals surface area contributed by atoms with Gasteiger partial charge < -0.3 is 20.0 Å². The van der Waals surface area contributed by atoms with Crippen LogP contribution in [0.25, 0.3) is 11.0 Å². The van der Waals surface area contributed by atoms with Crippen LogP contribution < -0.4 is 16.4 Å². The minimum absolute atomic E-state index is 0.123. The van der Waals surface area contributed by atoms with Crippen LogP contribution >= 0.6 is 0 Å². The van der Waals surface area contributed by atoms with Gasteiger partial charge in [-0.1, -0.05) is 19.9 Å². The quantitative estimate of drug-likeness (QED) is 0.653. The van der Waals surface area contributed by atoms with Crippen LogP contribution in [0, 0.1) is 5.92 Å². The Morgan fingerprint density at radius 2 is 1.96 bits per heavy atom. The molecule has 1 aromatic carbocycles. The van der Waals surface area contributed by atoms with E-state index in [1.165, 1.54) is 11.6 Å². The summed E-state index contributed by atoms with van der Waals surface area (Å²) in [7, 11) is 1.52. The number of aliphatic carboxylic acids is 1. The number of nitrogens with zero attached hydrogens (tertiary/aromatic N) is 1. The maximum absolute atomic E-state index is 12.0. The molecule has 134 valence electrons. The van der Waals surface area contributed by atoms with Crippen LogP contribution in [0.4, 0.5) is 0 Å². The van der Waals surface area contributed by atoms with E-state index in [2.05, 4.69) is 10.3 Å². The lowest BCUT2D eigenvalue weighted by Gasteiger charge is -2.17. The van der Waals surface area contributed by atoms with E-state index in [0.717, 1.165) is 5.56 Å². The fourth-order valence-electron chi connectivity index (χ4n) is 2.59. The minimum atomic E-state index is -1.06. The van der Waals surface area contributed by atoms with Crippen LogP contribution in [0.2, 0.25) is 0 Å². The number of benzene rings is 1. The summed E-state index contributed by atoms with van der Waals surface area (Å²) in [6.07, 6.45) is 0.509. The number of carbonyl (C=O) groups is 2. The van der Waals surface area contributed by atoms with E-state index in [9.17, 15) is 19.2 Å². The number of hydrogen-bond acceptors (Lipinski definition) is 4. The highest BCUT2D eigenvalue weighted by Crippen LogP contribution is 2.12. The maximum atomic E-state index is 12.0. The molecule has 0 fully saturated rings. The average molecular weight is 347 g/mol. The van der Waals surface area contributed by atoms with Crippen LogP contribution in [-0.4, -0.2) is 32.6 Å². The number of hydrogen-bond donors (Lipinski definition) is 3. The molecule has 0 saturated carbocycles. The number of H-pyrrole nitrogens is 1. The number of nitrogens with one attached hydrogen (secondary N) is 2. The highest BCUT2D eigenvalue weighted by atomic mass is 16.4. The lowest BCUT2D eigenvalue weighted by molar-refractivity contribution is -0.143. The Hall–Kier alpha value is -2.90.